The summed E-state index contributed by atoms with van der Waals surface area (Å²) in [4.78, 5) is 16.2. The lowest BCUT2D eigenvalue weighted by Crippen LogP contribution is -2.19. The molecule has 128 valence electrons. The Labute approximate surface area is 147 Å². The van der Waals surface area contributed by atoms with E-state index in [2.05, 4.69) is 6.07 Å². The van der Waals surface area contributed by atoms with E-state index in [4.69, 9.17) is 0 Å². The highest BCUT2D eigenvalue weighted by Crippen LogP contribution is 2.45. The second kappa shape index (κ2) is 6.48. The minimum atomic E-state index is -0.920. The number of rotatable bonds is 4. The third-order valence-corrected chi connectivity index (χ3v) is 4.33. The van der Waals surface area contributed by atoms with Crippen molar-refractivity contribution >= 4 is 28.1 Å². The molecule has 0 saturated heterocycles. The Bertz CT molecular complexity index is 932. The van der Waals surface area contributed by atoms with Gasteiger partial charge in [-0.2, -0.15) is 0 Å². The van der Waals surface area contributed by atoms with E-state index in [-0.39, 0.29) is 0 Å². The molecule has 4 nitrogen and oxygen atoms in total. The summed E-state index contributed by atoms with van der Waals surface area (Å²) in [7, 11) is 7.68. The maximum atomic E-state index is 12.3. The van der Waals surface area contributed by atoms with Crippen LogP contribution in [0.2, 0.25) is 0 Å². The summed E-state index contributed by atoms with van der Waals surface area (Å²) in [6.07, 6.45) is 0. The number of fused-ring (bicyclic) bond motifs is 1. The zero-order valence-corrected chi connectivity index (χ0v) is 14.9. The number of nitrogens with zero attached hydrogens (tertiary/aromatic N) is 2. The number of benzene rings is 3. The monoisotopic (exact) mass is 334 g/mol. The van der Waals surface area contributed by atoms with Crippen molar-refractivity contribution in [2.45, 2.75) is 0 Å². The van der Waals surface area contributed by atoms with Gasteiger partial charge in [0.15, 0.2) is 0 Å². The molecule has 0 aliphatic rings. The molecule has 0 unspecified atom stereocenters. The Balaban J connectivity index is 2.61. The van der Waals surface area contributed by atoms with Crippen LogP contribution in [0.5, 0.6) is 0 Å². The van der Waals surface area contributed by atoms with E-state index in [9.17, 15) is 9.90 Å². The van der Waals surface area contributed by atoms with Gasteiger partial charge in [-0.25, -0.2) is 4.79 Å². The Morgan fingerprint density at radius 1 is 0.760 bits per heavy atom. The summed E-state index contributed by atoms with van der Waals surface area (Å²) < 4.78 is 0. The molecule has 0 radical (unpaired) electrons. The van der Waals surface area contributed by atoms with Crippen molar-refractivity contribution in [2.75, 3.05) is 38.0 Å². The van der Waals surface area contributed by atoms with Crippen molar-refractivity contribution in [3.63, 3.8) is 0 Å². The average molecular weight is 334 g/mol. The summed E-state index contributed by atoms with van der Waals surface area (Å²) in [6, 6.07) is 17.7. The second-order valence-corrected chi connectivity index (χ2v) is 6.45. The minimum absolute atomic E-state index is 0.332. The van der Waals surface area contributed by atoms with Crippen LogP contribution in [0.1, 0.15) is 10.4 Å². The van der Waals surface area contributed by atoms with Crippen LogP contribution < -0.4 is 9.80 Å². The van der Waals surface area contributed by atoms with Crippen molar-refractivity contribution < 1.29 is 9.90 Å². The van der Waals surface area contributed by atoms with Crippen LogP contribution in [0.15, 0.2) is 54.6 Å². The van der Waals surface area contributed by atoms with E-state index >= 15 is 0 Å². The number of anilines is 2. The predicted octanol–water partition coefficient (Wildman–Crippen LogP) is 4.34. The van der Waals surface area contributed by atoms with Crippen LogP contribution >= 0.6 is 0 Å². The van der Waals surface area contributed by atoms with Gasteiger partial charge >= 0.3 is 5.97 Å². The standard InChI is InChI=1S/C21H22N2O2/c1-22(2)19-15-12-8-9-13-16(15)20(23(3)4)18(21(24)25)17(19)14-10-6-5-7-11-14/h5-13H,1-4H3,(H,24,25). The first-order chi connectivity index (χ1) is 11.9. The highest BCUT2D eigenvalue weighted by atomic mass is 16.4. The van der Waals surface area contributed by atoms with Gasteiger partial charge in [-0.15, -0.1) is 0 Å². The van der Waals surface area contributed by atoms with Crippen LogP contribution in [0, 0.1) is 0 Å². The molecule has 1 N–H and O–H groups in total. The van der Waals surface area contributed by atoms with Gasteiger partial charge in [0.05, 0.1) is 16.9 Å². The van der Waals surface area contributed by atoms with E-state index < -0.39 is 5.97 Å². The normalized spacial score (nSPS) is 10.7. The van der Waals surface area contributed by atoms with Crippen LogP contribution in [0.25, 0.3) is 21.9 Å². The van der Waals surface area contributed by atoms with Crippen molar-refractivity contribution in [1.29, 1.82) is 0 Å². The van der Waals surface area contributed by atoms with Gasteiger partial charge in [0.1, 0.15) is 0 Å². The topological polar surface area (TPSA) is 43.8 Å². The number of aromatic carboxylic acids is 1. The van der Waals surface area contributed by atoms with Gasteiger partial charge in [0.25, 0.3) is 0 Å². The minimum Gasteiger partial charge on any atom is -0.478 e. The number of hydrogen-bond acceptors (Lipinski definition) is 3. The van der Waals surface area contributed by atoms with Crippen LogP contribution in [0.4, 0.5) is 11.4 Å². The number of hydrogen-bond donors (Lipinski definition) is 1. The van der Waals surface area contributed by atoms with E-state index in [0.29, 0.717) is 5.56 Å². The van der Waals surface area contributed by atoms with Gasteiger partial charge < -0.3 is 14.9 Å². The van der Waals surface area contributed by atoms with E-state index in [0.717, 1.165) is 33.3 Å². The largest absolute Gasteiger partial charge is 0.478 e. The molecule has 0 fully saturated rings. The van der Waals surface area contributed by atoms with Crippen molar-refractivity contribution in [3.05, 3.63) is 60.2 Å². The molecule has 0 aromatic heterocycles. The molecule has 25 heavy (non-hydrogen) atoms. The van der Waals surface area contributed by atoms with Crippen LogP contribution in [-0.2, 0) is 0 Å². The number of carbonyl (C=O) groups is 1. The summed E-state index contributed by atoms with van der Waals surface area (Å²) in [5, 5.41) is 12.1. The average Bonchev–Trinajstić information content (AvgIpc) is 2.59. The smallest absolute Gasteiger partial charge is 0.338 e. The molecule has 0 aliphatic carbocycles. The van der Waals surface area contributed by atoms with Crippen LogP contribution in [0.3, 0.4) is 0 Å². The number of carboxylic acids is 1. The van der Waals surface area contributed by atoms with Crippen LogP contribution in [-0.4, -0.2) is 39.3 Å². The van der Waals surface area contributed by atoms with E-state index in [1.54, 1.807) is 0 Å². The Hall–Kier alpha value is -3.01. The molecule has 0 bridgehead atoms. The zero-order chi connectivity index (χ0) is 18.1. The Morgan fingerprint density at radius 3 is 1.72 bits per heavy atom. The van der Waals surface area contributed by atoms with Gasteiger partial charge in [0.2, 0.25) is 0 Å². The third kappa shape index (κ3) is 2.80. The van der Waals surface area contributed by atoms with E-state index in [1.165, 1.54) is 0 Å². The second-order valence-electron chi connectivity index (χ2n) is 6.45. The quantitative estimate of drug-likeness (QED) is 0.771. The molecule has 0 amide bonds. The maximum Gasteiger partial charge on any atom is 0.338 e. The predicted molar refractivity (Wildman–Crippen MR) is 105 cm³/mol. The maximum absolute atomic E-state index is 12.3. The van der Waals surface area contributed by atoms with Gasteiger partial charge in [0, 0.05) is 44.5 Å². The fraction of sp³-hybridized carbons (Fsp3) is 0.190. The van der Waals surface area contributed by atoms with Gasteiger partial charge in [-0.3, -0.25) is 0 Å². The summed E-state index contributed by atoms with van der Waals surface area (Å²) >= 11 is 0. The molecule has 0 aliphatic heterocycles. The first-order valence-corrected chi connectivity index (χ1v) is 8.15. The molecule has 0 saturated carbocycles. The lowest BCUT2D eigenvalue weighted by Gasteiger charge is -2.27. The third-order valence-electron chi connectivity index (χ3n) is 4.33. The van der Waals surface area contributed by atoms with Crippen molar-refractivity contribution in [3.8, 4) is 11.1 Å². The molecule has 0 atom stereocenters. The molecule has 3 aromatic rings. The fourth-order valence-corrected chi connectivity index (χ4v) is 3.43. The zero-order valence-electron chi connectivity index (χ0n) is 14.9. The number of carboxylic acid groups (broad SMARTS) is 1. The molecule has 0 spiro atoms. The highest BCUT2D eigenvalue weighted by Gasteiger charge is 2.26. The Morgan fingerprint density at radius 2 is 1.24 bits per heavy atom. The van der Waals surface area contributed by atoms with E-state index in [1.807, 2.05) is 86.5 Å². The summed E-state index contributed by atoms with van der Waals surface area (Å²) in [6.45, 7) is 0. The first kappa shape index (κ1) is 16.8. The summed E-state index contributed by atoms with van der Waals surface area (Å²) in [5.74, 6) is -0.920. The highest BCUT2D eigenvalue weighted by molar-refractivity contribution is 6.18. The van der Waals surface area contributed by atoms with Gasteiger partial charge in [-0.05, 0) is 5.56 Å². The molecule has 4 heteroatoms. The molecule has 0 heterocycles. The van der Waals surface area contributed by atoms with Crippen molar-refractivity contribution in [1.82, 2.24) is 0 Å². The van der Waals surface area contributed by atoms with Gasteiger partial charge in [-0.1, -0.05) is 54.6 Å². The Kier molecular flexibility index (Phi) is 4.36. The molecule has 3 rings (SSSR count). The lowest BCUT2D eigenvalue weighted by molar-refractivity contribution is 0.0698. The van der Waals surface area contributed by atoms with Crippen molar-refractivity contribution in [2.24, 2.45) is 0 Å². The lowest BCUT2D eigenvalue weighted by atomic mass is 9.90. The SMILES string of the molecule is CN(C)c1c(C(=O)O)c(-c2ccccc2)c(N(C)C)c2ccccc12. The summed E-state index contributed by atoms with van der Waals surface area (Å²) in [5.41, 5.74) is 3.63. The molecular weight excluding hydrogens is 312 g/mol. The first-order valence-electron chi connectivity index (χ1n) is 8.15. The molecule has 3 aromatic carbocycles. The molecular formula is C21H22N2O2. The fourth-order valence-electron chi connectivity index (χ4n) is 3.43.